The van der Waals surface area contributed by atoms with Crippen molar-refractivity contribution in [3.8, 4) is 0 Å². The molecule has 1 aromatic heterocycles. The molecule has 0 spiro atoms. The Labute approximate surface area is 164 Å². The van der Waals surface area contributed by atoms with Crippen molar-refractivity contribution in [2.75, 3.05) is 7.05 Å². The molecular formula is C17H14BrF3N2O3S. The zero-order valence-electron chi connectivity index (χ0n) is 13.8. The van der Waals surface area contributed by atoms with Gasteiger partial charge in [0.2, 0.25) is 0 Å². The first-order valence-corrected chi connectivity index (χ1v) is 9.41. The SMILES string of the molecule is CN1C(=O)NC(c2ccc(Br)cc2)C(C(=O)c2cccs2)C1(O)C(F)(F)F. The third-order valence-corrected chi connectivity index (χ3v) is 5.97. The van der Waals surface area contributed by atoms with Crippen LogP contribution in [0.25, 0.3) is 0 Å². The predicted molar refractivity (Wildman–Crippen MR) is 96.3 cm³/mol. The number of alkyl halides is 3. The maximum Gasteiger partial charge on any atom is 0.437 e. The van der Waals surface area contributed by atoms with E-state index in [1.807, 2.05) is 0 Å². The molecule has 0 radical (unpaired) electrons. The molecular weight excluding hydrogens is 449 g/mol. The van der Waals surface area contributed by atoms with Crippen LogP contribution in [0.2, 0.25) is 0 Å². The van der Waals surface area contributed by atoms with Crippen LogP contribution >= 0.6 is 27.3 Å². The Hall–Kier alpha value is -1.91. The highest BCUT2D eigenvalue weighted by Crippen LogP contribution is 2.47. The van der Waals surface area contributed by atoms with Gasteiger partial charge in [-0.15, -0.1) is 11.3 Å². The lowest BCUT2D eigenvalue weighted by Gasteiger charge is -2.49. The zero-order chi connectivity index (χ0) is 20.0. The summed E-state index contributed by atoms with van der Waals surface area (Å²) in [6, 6.07) is 6.58. The van der Waals surface area contributed by atoms with E-state index in [-0.39, 0.29) is 15.3 Å². The van der Waals surface area contributed by atoms with Gasteiger partial charge < -0.3 is 10.4 Å². The number of Topliss-reactive ketones (excluding diaryl/α,β-unsaturated/α-hetero) is 1. The Kier molecular flexibility index (Phi) is 5.08. The van der Waals surface area contributed by atoms with Gasteiger partial charge in [0.05, 0.1) is 10.9 Å². The number of carbonyl (C=O) groups excluding carboxylic acids is 2. The van der Waals surface area contributed by atoms with Gasteiger partial charge in [-0.25, -0.2) is 4.79 Å². The summed E-state index contributed by atoms with van der Waals surface area (Å²) in [5, 5.41) is 14.6. The molecule has 0 aliphatic carbocycles. The van der Waals surface area contributed by atoms with Crippen molar-refractivity contribution in [3.05, 3.63) is 56.7 Å². The van der Waals surface area contributed by atoms with E-state index in [2.05, 4.69) is 21.2 Å². The molecule has 10 heteroatoms. The van der Waals surface area contributed by atoms with Crippen LogP contribution in [-0.4, -0.2) is 40.8 Å². The summed E-state index contributed by atoms with van der Waals surface area (Å²) < 4.78 is 42.5. The van der Waals surface area contributed by atoms with Crippen molar-refractivity contribution in [1.29, 1.82) is 0 Å². The molecule has 27 heavy (non-hydrogen) atoms. The maximum atomic E-state index is 13.9. The third kappa shape index (κ3) is 3.26. The van der Waals surface area contributed by atoms with Gasteiger partial charge in [-0.3, -0.25) is 9.69 Å². The van der Waals surface area contributed by atoms with E-state index in [9.17, 15) is 27.9 Å². The predicted octanol–water partition coefficient (Wildman–Crippen LogP) is 3.96. The molecule has 2 amide bonds. The fourth-order valence-electron chi connectivity index (χ4n) is 3.13. The van der Waals surface area contributed by atoms with Gasteiger partial charge in [0.15, 0.2) is 5.78 Å². The minimum Gasteiger partial charge on any atom is -0.363 e. The van der Waals surface area contributed by atoms with Crippen LogP contribution in [0, 0.1) is 5.92 Å². The number of urea groups is 1. The van der Waals surface area contributed by atoms with Gasteiger partial charge in [0, 0.05) is 11.5 Å². The summed E-state index contributed by atoms with van der Waals surface area (Å²) in [6.45, 7) is 0. The van der Waals surface area contributed by atoms with Gasteiger partial charge >= 0.3 is 12.2 Å². The van der Waals surface area contributed by atoms with Crippen LogP contribution in [0.4, 0.5) is 18.0 Å². The lowest BCUT2D eigenvalue weighted by molar-refractivity contribution is -0.322. The minimum atomic E-state index is -5.25. The zero-order valence-corrected chi connectivity index (χ0v) is 16.2. The van der Waals surface area contributed by atoms with Gasteiger partial charge in [-0.05, 0) is 29.1 Å². The third-order valence-electron chi connectivity index (χ3n) is 4.55. The van der Waals surface area contributed by atoms with Gasteiger partial charge in [-0.1, -0.05) is 34.1 Å². The Morgan fingerprint density at radius 3 is 2.44 bits per heavy atom. The van der Waals surface area contributed by atoms with Crippen molar-refractivity contribution in [2.24, 2.45) is 5.92 Å². The topological polar surface area (TPSA) is 69.6 Å². The van der Waals surface area contributed by atoms with E-state index < -0.39 is 35.7 Å². The van der Waals surface area contributed by atoms with Crippen molar-refractivity contribution in [1.82, 2.24) is 10.2 Å². The number of hydrogen-bond acceptors (Lipinski definition) is 4. The Bertz CT molecular complexity index is 857. The highest BCUT2D eigenvalue weighted by Gasteiger charge is 2.69. The molecule has 1 aliphatic rings. The standard InChI is InChI=1S/C17H14BrF3N2O3S/c1-23-15(25)22-13(9-4-6-10(18)7-5-9)12(16(23,26)17(19,20)21)14(24)11-3-2-8-27-11/h2-8,12-13,26H,1H3,(H,22,25). The van der Waals surface area contributed by atoms with Crippen molar-refractivity contribution >= 4 is 39.1 Å². The van der Waals surface area contributed by atoms with Crippen LogP contribution in [0.5, 0.6) is 0 Å². The van der Waals surface area contributed by atoms with E-state index in [0.29, 0.717) is 4.47 Å². The molecule has 1 aromatic carbocycles. The number of amides is 2. The molecule has 2 aromatic rings. The molecule has 3 rings (SSSR count). The normalized spacial score (nSPS) is 26.0. The monoisotopic (exact) mass is 462 g/mol. The first kappa shape index (κ1) is 19.8. The van der Waals surface area contributed by atoms with E-state index in [1.54, 1.807) is 17.5 Å². The summed E-state index contributed by atoms with van der Waals surface area (Å²) in [5.41, 5.74) is -3.38. The average molecular weight is 463 g/mol. The van der Waals surface area contributed by atoms with Crippen molar-refractivity contribution in [2.45, 2.75) is 17.9 Å². The van der Waals surface area contributed by atoms with Crippen molar-refractivity contribution < 1.29 is 27.9 Å². The number of ketones is 1. The number of carbonyl (C=O) groups is 2. The van der Waals surface area contributed by atoms with Crippen LogP contribution in [-0.2, 0) is 0 Å². The van der Waals surface area contributed by atoms with Gasteiger partial charge in [0.25, 0.3) is 5.72 Å². The largest absolute Gasteiger partial charge is 0.437 e. The number of thiophene rings is 1. The number of hydrogen-bond donors (Lipinski definition) is 2. The number of aliphatic hydroxyl groups is 1. The molecule has 3 unspecified atom stereocenters. The van der Waals surface area contributed by atoms with Crippen LogP contribution in [0.1, 0.15) is 21.3 Å². The number of rotatable bonds is 3. The number of nitrogens with one attached hydrogen (secondary N) is 1. The molecule has 1 fully saturated rings. The molecule has 1 aliphatic heterocycles. The summed E-state index contributed by atoms with van der Waals surface area (Å²) >= 11 is 4.20. The van der Waals surface area contributed by atoms with Gasteiger partial charge in [0.1, 0.15) is 5.92 Å². The quantitative estimate of drug-likeness (QED) is 0.678. The fourth-order valence-corrected chi connectivity index (χ4v) is 4.10. The van der Waals surface area contributed by atoms with Gasteiger partial charge in [-0.2, -0.15) is 13.2 Å². The summed E-state index contributed by atoms with van der Waals surface area (Å²) in [7, 11) is 0.815. The van der Waals surface area contributed by atoms with Crippen molar-refractivity contribution in [3.63, 3.8) is 0 Å². The Morgan fingerprint density at radius 1 is 1.30 bits per heavy atom. The minimum absolute atomic E-state index is 0.0642. The molecule has 2 N–H and O–H groups in total. The lowest BCUT2D eigenvalue weighted by Crippen LogP contribution is -2.72. The Morgan fingerprint density at radius 2 is 1.93 bits per heavy atom. The highest BCUT2D eigenvalue weighted by atomic mass is 79.9. The molecule has 144 valence electrons. The van der Waals surface area contributed by atoms with Crippen LogP contribution in [0.3, 0.4) is 0 Å². The summed E-state index contributed by atoms with van der Waals surface area (Å²) in [4.78, 5) is 25.4. The van der Waals surface area contributed by atoms with Crippen LogP contribution in [0.15, 0.2) is 46.3 Å². The fraction of sp³-hybridized carbons (Fsp3) is 0.294. The number of halogens is 4. The second-order valence-electron chi connectivity index (χ2n) is 6.08. The molecule has 3 atom stereocenters. The first-order chi connectivity index (χ1) is 12.6. The Balaban J connectivity index is 2.19. The van der Waals surface area contributed by atoms with E-state index in [4.69, 9.17) is 0 Å². The molecule has 1 saturated heterocycles. The smallest absolute Gasteiger partial charge is 0.363 e. The lowest BCUT2D eigenvalue weighted by atomic mass is 9.78. The molecule has 5 nitrogen and oxygen atoms in total. The van der Waals surface area contributed by atoms with E-state index in [1.165, 1.54) is 24.3 Å². The van der Waals surface area contributed by atoms with E-state index >= 15 is 0 Å². The average Bonchev–Trinajstić information content (AvgIpc) is 3.13. The highest BCUT2D eigenvalue weighted by molar-refractivity contribution is 9.10. The second kappa shape index (κ2) is 6.92. The van der Waals surface area contributed by atoms with E-state index in [0.717, 1.165) is 18.4 Å². The summed E-state index contributed by atoms with van der Waals surface area (Å²) in [5.74, 6) is -2.88. The van der Waals surface area contributed by atoms with Crippen LogP contribution < -0.4 is 5.32 Å². The summed E-state index contributed by atoms with van der Waals surface area (Å²) in [6.07, 6.45) is -5.25. The first-order valence-electron chi connectivity index (χ1n) is 7.74. The molecule has 0 bridgehead atoms. The maximum absolute atomic E-state index is 13.9. The molecule has 2 heterocycles. The number of nitrogens with zero attached hydrogens (tertiary/aromatic N) is 1. The molecule has 0 saturated carbocycles. The number of benzene rings is 1. The second-order valence-corrected chi connectivity index (χ2v) is 7.94.